The third kappa shape index (κ3) is 6.66. The molecular weight excluding hydrogens is 345 g/mol. The summed E-state index contributed by atoms with van der Waals surface area (Å²) in [5.41, 5.74) is 3.93. The Balaban J connectivity index is 5.75. The first-order valence-corrected chi connectivity index (χ1v) is 10.1. The van der Waals surface area contributed by atoms with E-state index in [1.807, 2.05) is 0 Å². The first kappa shape index (κ1) is 22.7. The van der Waals surface area contributed by atoms with Crippen LogP contribution in [-0.4, -0.2) is 91.6 Å². The second kappa shape index (κ2) is 9.85. The summed E-state index contributed by atoms with van der Waals surface area (Å²) in [6.07, 6.45) is -1.50. The maximum absolute atomic E-state index is 10.9. The standard InChI is InChI=1S/C13H26NO9P/c14-13(7-15,8-16)12(23)24(4-1-9(17)18,5-2-10(19)20)6-3-11(21)22/h12,15-16,23-24H,1-8,14H2,(H,17,18)(H,19,20)(H,21,22). The van der Waals surface area contributed by atoms with E-state index in [9.17, 15) is 29.7 Å². The van der Waals surface area contributed by atoms with Crippen molar-refractivity contribution in [2.24, 2.45) is 5.73 Å². The van der Waals surface area contributed by atoms with Crippen LogP contribution < -0.4 is 5.73 Å². The van der Waals surface area contributed by atoms with Crippen LogP contribution in [0.4, 0.5) is 0 Å². The number of carbonyl (C=O) groups is 3. The van der Waals surface area contributed by atoms with Gasteiger partial charge in [0.2, 0.25) is 0 Å². The third-order valence-corrected chi connectivity index (χ3v) is 9.70. The van der Waals surface area contributed by atoms with Gasteiger partial charge in [-0.3, -0.25) is 0 Å². The van der Waals surface area contributed by atoms with Crippen molar-refractivity contribution in [3.8, 4) is 0 Å². The van der Waals surface area contributed by atoms with Gasteiger partial charge in [-0.2, -0.15) is 0 Å². The topological polar surface area (TPSA) is 199 Å². The van der Waals surface area contributed by atoms with Gasteiger partial charge in [-0.1, -0.05) is 0 Å². The van der Waals surface area contributed by atoms with Gasteiger partial charge >= 0.3 is 138 Å². The van der Waals surface area contributed by atoms with Gasteiger partial charge in [0.25, 0.3) is 0 Å². The number of nitrogens with two attached hydrogens (primary N) is 1. The van der Waals surface area contributed by atoms with E-state index in [-0.39, 0.29) is 18.5 Å². The average molecular weight is 371 g/mol. The molecule has 8 N–H and O–H groups in total. The summed E-state index contributed by atoms with van der Waals surface area (Å²) in [6.45, 7) is -1.63. The van der Waals surface area contributed by atoms with Crippen LogP contribution >= 0.6 is 7.26 Å². The van der Waals surface area contributed by atoms with Gasteiger partial charge in [-0.15, -0.1) is 0 Å². The van der Waals surface area contributed by atoms with Gasteiger partial charge in [0.15, 0.2) is 0 Å². The zero-order valence-corrected chi connectivity index (χ0v) is 14.2. The molecule has 1 unspecified atom stereocenters. The van der Waals surface area contributed by atoms with Crippen molar-refractivity contribution in [1.29, 1.82) is 0 Å². The van der Waals surface area contributed by atoms with Crippen LogP contribution in [0.1, 0.15) is 19.3 Å². The average Bonchev–Trinajstić information content (AvgIpc) is 2.52. The van der Waals surface area contributed by atoms with Gasteiger partial charge in [0.1, 0.15) is 0 Å². The van der Waals surface area contributed by atoms with E-state index < -0.39 is 69.0 Å². The number of carboxylic acid groups (broad SMARTS) is 3. The minimum atomic E-state index is -3.30. The third-order valence-electron chi connectivity index (χ3n) is 4.22. The fourth-order valence-corrected chi connectivity index (χ4v) is 7.79. The number of carboxylic acids is 3. The van der Waals surface area contributed by atoms with E-state index in [2.05, 4.69) is 0 Å². The van der Waals surface area contributed by atoms with Gasteiger partial charge in [0, 0.05) is 0 Å². The van der Waals surface area contributed by atoms with Crippen molar-refractivity contribution >= 4 is 25.2 Å². The van der Waals surface area contributed by atoms with Crippen molar-refractivity contribution < 1.29 is 45.0 Å². The van der Waals surface area contributed by atoms with Gasteiger partial charge < -0.3 is 0 Å². The van der Waals surface area contributed by atoms with Crippen LogP contribution in [0.3, 0.4) is 0 Å². The van der Waals surface area contributed by atoms with Crippen molar-refractivity contribution in [2.45, 2.75) is 30.6 Å². The molecular formula is C13H26NO9P. The number of aliphatic carboxylic acids is 3. The second-order valence-electron chi connectivity index (χ2n) is 6.00. The Morgan fingerprint density at radius 3 is 1.33 bits per heavy atom. The molecule has 0 aliphatic carbocycles. The first-order valence-electron chi connectivity index (χ1n) is 7.37. The fraction of sp³-hybridized carbons (Fsp3) is 0.769. The molecule has 0 aliphatic rings. The molecule has 0 rings (SSSR count). The number of aliphatic hydroxyl groups is 3. The molecule has 24 heavy (non-hydrogen) atoms. The van der Waals surface area contributed by atoms with Gasteiger partial charge in [0.05, 0.1) is 0 Å². The molecule has 0 amide bonds. The number of hydrogen-bond acceptors (Lipinski definition) is 7. The summed E-state index contributed by atoms with van der Waals surface area (Å²) in [6, 6.07) is 0. The van der Waals surface area contributed by atoms with Crippen molar-refractivity contribution in [1.82, 2.24) is 0 Å². The molecule has 0 saturated carbocycles. The Labute approximate surface area is 139 Å². The molecule has 0 bridgehead atoms. The summed E-state index contributed by atoms with van der Waals surface area (Å²) in [7, 11) is -3.30. The summed E-state index contributed by atoms with van der Waals surface area (Å²) in [5.74, 6) is -5.10. The Bertz CT molecular complexity index is 407. The van der Waals surface area contributed by atoms with E-state index in [0.717, 1.165) is 0 Å². The normalized spacial score (nSPS) is 14.2. The van der Waals surface area contributed by atoms with Crippen LogP contribution in [0, 0.1) is 0 Å². The summed E-state index contributed by atoms with van der Waals surface area (Å²) < 4.78 is 0. The Morgan fingerprint density at radius 1 is 0.833 bits per heavy atom. The SMILES string of the molecule is NC(CO)(CO)C(O)[PH](CCC(=O)O)(CCC(=O)O)CCC(=O)O. The van der Waals surface area contributed by atoms with Gasteiger partial charge in [-0.05, 0) is 0 Å². The summed E-state index contributed by atoms with van der Waals surface area (Å²) >= 11 is 0. The zero-order valence-electron chi connectivity index (χ0n) is 13.2. The van der Waals surface area contributed by atoms with E-state index in [1.165, 1.54) is 0 Å². The molecule has 0 aromatic heterocycles. The zero-order chi connectivity index (χ0) is 19.0. The summed E-state index contributed by atoms with van der Waals surface area (Å²) in [4.78, 5) is 32.7. The summed E-state index contributed by atoms with van der Waals surface area (Å²) in [5, 5.41) is 56.1. The Morgan fingerprint density at radius 2 is 1.12 bits per heavy atom. The van der Waals surface area contributed by atoms with Crippen LogP contribution in [0.25, 0.3) is 0 Å². The quantitative estimate of drug-likeness (QED) is 0.180. The molecule has 0 radical (unpaired) electrons. The molecule has 11 heteroatoms. The number of rotatable bonds is 13. The monoisotopic (exact) mass is 371 g/mol. The molecule has 0 aromatic carbocycles. The molecule has 0 fully saturated rings. The van der Waals surface area contributed by atoms with Crippen LogP contribution in [-0.2, 0) is 14.4 Å². The molecule has 10 nitrogen and oxygen atoms in total. The molecule has 0 heterocycles. The van der Waals surface area contributed by atoms with Crippen molar-refractivity contribution in [3.63, 3.8) is 0 Å². The predicted octanol–water partition coefficient (Wildman–Crippen LogP) is -1.84. The van der Waals surface area contributed by atoms with E-state index >= 15 is 0 Å². The maximum atomic E-state index is 10.9. The molecule has 142 valence electrons. The molecule has 0 aliphatic heterocycles. The van der Waals surface area contributed by atoms with Crippen molar-refractivity contribution in [2.75, 3.05) is 31.7 Å². The van der Waals surface area contributed by atoms with Crippen molar-refractivity contribution in [3.05, 3.63) is 0 Å². The number of hydrogen-bond donors (Lipinski definition) is 7. The Hall–Kier alpha value is -1.32. The van der Waals surface area contributed by atoms with Crippen LogP contribution in [0.2, 0.25) is 0 Å². The molecule has 1 atom stereocenters. The molecule has 0 spiro atoms. The molecule has 0 saturated heterocycles. The number of aliphatic hydroxyl groups excluding tert-OH is 3. The van der Waals surface area contributed by atoms with E-state index in [4.69, 9.17) is 21.1 Å². The Kier molecular flexibility index (Phi) is 9.31. The van der Waals surface area contributed by atoms with Gasteiger partial charge in [-0.25, -0.2) is 0 Å². The van der Waals surface area contributed by atoms with Crippen LogP contribution in [0.15, 0.2) is 0 Å². The van der Waals surface area contributed by atoms with E-state index in [1.54, 1.807) is 0 Å². The van der Waals surface area contributed by atoms with E-state index in [0.29, 0.717) is 0 Å². The molecule has 0 aromatic rings. The first-order chi connectivity index (χ1) is 11.0. The second-order valence-corrected chi connectivity index (χ2v) is 10.8. The fourth-order valence-electron chi connectivity index (χ4n) is 2.69. The predicted molar refractivity (Wildman–Crippen MR) is 86.8 cm³/mol. The van der Waals surface area contributed by atoms with Crippen LogP contribution in [0.5, 0.6) is 0 Å². The minimum absolute atomic E-state index is 0.108.